The number of primary amides is 1. The molecule has 0 aromatic heterocycles. The van der Waals surface area contributed by atoms with Gasteiger partial charge in [-0.2, -0.15) is 0 Å². The quantitative estimate of drug-likeness (QED) is 0.821. The van der Waals surface area contributed by atoms with E-state index in [2.05, 4.69) is 33.4 Å². The first-order valence-electron chi connectivity index (χ1n) is 7.98. The van der Waals surface area contributed by atoms with Crippen LogP contribution in [0.1, 0.15) is 56.1 Å². The summed E-state index contributed by atoms with van der Waals surface area (Å²) in [6.45, 7) is 0. The van der Waals surface area contributed by atoms with Gasteiger partial charge in [-0.25, -0.2) is 0 Å². The number of fused-ring (bicyclic) bond motifs is 1. The molecule has 3 rings (SSSR count). The standard InChI is InChI=1S/C17H23BrN2O/c18-13-7-8-15-12(11-13)9-10-17(15,16(19)21)20-14-5-3-1-2-4-6-14/h7-8,11,14,20H,1-6,9-10H2,(H2,19,21). The number of hydrogen-bond donors (Lipinski definition) is 2. The van der Waals surface area contributed by atoms with Crippen molar-refractivity contribution >= 4 is 21.8 Å². The van der Waals surface area contributed by atoms with Gasteiger partial charge in [-0.05, 0) is 48.9 Å². The number of rotatable bonds is 3. The van der Waals surface area contributed by atoms with Gasteiger partial charge in [-0.1, -0.05) is 47.7 Å². The van der Waals surface area contributed by atoms with Gasteiger partial charge in [0.2, 0.25) is 5.91 Å². The number of carbonyl (C=O) groups excluding carboxylic acids is 1. The molecule has 0 heterocycles. The van der Waals surface area contributed by atoms with Gasteiger partial charge < -0.3 is 5.73 Å². The van der Waals surface area contributed by atoms with Crippen molar-refractivity contribution < 1.29 is 4.79 Å². The van der Waals surface area contributed by atoms with Gasteiger partial charge in [0, 0.05) is 10.5 Å². The molecule has 4 heteroatoms. The predicted molar refractivity (Wildman–Crippen MR) is 88.0 cm³/mol. The van der Waals surface area contributed by atoms with Crippen molar-refractivity contribution in [1.29, 1.82) is 0 Å². The highest BCUT2D eigenvalue weighted by Crippen LogP contribution is 2.39. The summed E-state index contributed by atoms with van der Waals surface area (Å²) in [5.41, 5.74) is 7.49. The van der Waals surface area contributed by atoms with E-state index in [0.29, 0.717) is 6.04 Å². The smallest absolute Gasteiger partial charge is 0.242 e. The molecule has 3 N–H and O–H groups in total. The molecule has 0 bridgehead atoms. The Morgan fingerprint density at radius 1 is 1.24 bits per heavy atom. The SMILES string of the molecule is NC(=O)C1(NC2CCCCCC2)CCc2cc(Br)ccc21. The number of amides is 1. The van der Waals surface area contributed by atoms with Crippen molar-refractivity contribution in [2.24, 2.45) is 5.73 Å². The maximum absolute atomic E-state index is 12.3. The van der Waals surface area contributed by atoms with Crippen molar-refractivity contribution in [3.8, 4) is 0 Å². The lowest BCUT2D eigenvalue weighted by Gasteiger charge is -2.33. The first kappa shape index (κ1) is 15.0. The van der Waals surface area contributed by atoms with Crippen LogP contribution in [0, 0.1) is 0 Å². The molecule has 1 amide bonds. The van der Waals surface area contributed by atoms with Gasteiger partial charge in [-0.3, -0.25) is 10.1 Å². The largest absolute Gasteiger partial charge is 0.368 e. The van der Waals surface area contributed by atoms with E-state index in [4.69, 9.17) is 5.73 Å². The van der Waals surface area contributed by atoms with Crippen LogP contribution in [-0.4, -0.2) is 11.9 Å². The van der Waals surface area contributed by atoms with Gasteiger partial charge in [0.1, 0.15) is 5.54 Å². The predicted octanol–water partition coefficient (Wildman–Crippen LogP) is 3.39. The van der Waals surface area contributed by atoms with Crippen LogP contribution < -0.4 is 11.1 Å². The second-order valence-corrected chi connectivity index (χ2v) is 7.32. The number of carbonyl (C=O) groups is 1. The zero-order valence-corrected chi connectivity index (χ0v) is 13.9. The van der Waals surface area contributed by atoms with Crippen LogP contribution in [-0.2, 0) is 16.8 Å². The lowest BCUT2D eigenvalue weighted by Crippen LogP contribution is -2.54. The summed E-state index contributed by atoms with van der Waals surface area (Å²) in [6.07, 6.45) is 9.12. The van der Waals surface area contributed by atoms with Crippen LogP contribution in [0.15, 0.2) is 22.7 Å². The second-order valence-electron chi connectivity index (χ2n) is 6.40. The molecule has 1 fully saturated rings. The molecule has 21 heavy (non-hydrogen) atoms. The number of nitrogens with two attached hydrogens (primary N) is 1. The van der Waals surface area contributed by atoms with E-state index in [-0.39, 0.29) is 5.91 Å². The van der Waals surface area contributed by atoms with Crippen molar-refractivity contribution in [3.63, 3.8) is 0 Å². The van der Waals surface area contributed by atoms with Gasteiger partial charge in [-0.15, -0.1) is 0 Å². The third-order valence-electron chi connectivity index (χ3n) is 5.02. The Labute approximate surface area is 134 Å². The number of halogens is 1. The molecule has 1 aromatic rings. The monoisotopic (exact) mass is 350 g/mol. The van der Waals surface area contributed by atoms with Gasteiger partial charge in [0.05, 0.1) is 0 Å². The Hall–Kier alpha value is -0.870. The van der Waals surface area contributed by atoms with Crippen molar-refractivity contribution in [2.45, 2.75) is 62.9 Å². The highest BCUT2D eigenvalue weighted by Gasteiger charge is 2.45. The highest BCUT2D eigenvalue weighted by atomic mass is 79.9. The Balaban J connectivity index is 1.90. The average Bonchev–Trinajstić information content (AvgIpc) is 2.64. The minimum Gasteiger partial charge on any atom is -0.368 e. The summed E-state index contributed by atoms with van der Waals surface area (Å²) >= 11 is 3.51. The summed E-state index contributed by atoms with van der Waals surface area (Å²) in [6, 6.07) is 6.60. The van der Waals surface area contributed by atoms with Crippen LogP contribution in [0.25, 0.3) is 0 Å². The molecule has 0 spiro atoms. The molecule has 0 saturated heterocycles. The normalized spacial score (nSPS) is 26.3. The molecule has 114 valence electrons. The van der Waals surface area contributed by atoms with Crippen molar-refractivity contribution in [1.82, 2.24) is 5.32 Å². The molecule has 0 radical (unpaired) electrons. The van der Waals surface area contributed by atoms with E-state index in [1.54, 1.807) is 0 Å². The maximum atomic E-state index is 12.3. The lowest BCUT2D eigenvalue weighted by atomic mass is 9.89. The fourth-order valence-corrected chi connectivity index (χ4v) is 4.30. The molecule has 3 nitrogen and oxygen atoms in total. The summed E-state index contributed by atoms with van der Waals surface area (Å²) in [7, 11) is 0. The topological polar surface area (TPSA) is 55.1 Å². The van der Waals surface area contributed by atoms with Crippen molar-refractivity contribution in [2.75, 3.05) is 0 Å². The average molecular weight is 351 g/mol. The lowest BCUT2D eigenvalue weighted by molar-refractivity contribution is -0.125. The molecule has 1 saturated carbocycles. The Morgan fingerprint density at radius 3 is 2.62 bits per heavy atom. The zero-order valence-electron chi connectivity index (χ0n) is 12.3. The van der Waals surface area contributed by atoms with E-state index in [1.807, 2.05) is 6.07 Å². The molecule has 1 atom stereocenters. The van der Waals surface area contributed by atoms with E-state index in [1.165, 1.54) is 31.2 Å². The zero-order chi connectivity index (χ0) is 14.9. The Bertz CT molecular complexity index is 538. The molecule has 0 aliphatic heterocycles. The molecule has 1 aromatic carbocycles. The van der Waals surface area contributed by atoms with E-state index < -0.39 is 5.54 Å². The molecule has 2 aliphatic carbocycles. The highest BCUT2D eigenvalue weighted by molar-refractivity contribution is 9.10. The minimum atomic E-state index is -0.662. The minimum absolute atomic E-state index is 0.229. The first-order chi connectivity index (χ1) is 10.1. The first-order valence-corrected chi connectivity index (χ1v) is 8.78. The molecular weight excluding hydrogens is 328 g/mol. The summed E-state index contributed by atoms with van der Waals surface area (Å²) in [4.78, 5) is 12.3. The Morgan fingerprint density at radius 2 is 1.95 bits per heavy atom. The number of benzene rings is 1. The second kappa shape index (κ2) is 6.09. The number of nitrogens with one attached hydrogen (secondary N) is 1. The summed E-state index contributed by atoms with van der Waals surface area (Å²) in [5.74, 6) is -0.229. The number of aryl methyl sites for hydroxylation is 1. The van der Waals surface area contributed by atoms with Crippen LogP contribution >= 0.6 is 15.9 Å². The summed E-state index contributed by atoms with van der Waals surface area (Å²) in [5, 5.41) is 3.66. The Kier molecular flexibility index (Phi) is 4.36. The van der Waals surface area contributed by atoms with Crippen LogP contribution in [0.2, 0.25) is 0 Å². The van der Waals surface area contributed by atoms with E-state index in [9.17, 15) is 4.79 Å². The van der Waals surface area contributed by atoms with Crippen LogP contribution in [0.3, 0.4) is 0 Å². The summed E-state index contributed by atoms with van der Waals surface area (Å²) < 4.78 is 1.07. The van der Waals surface area contributed by atoms with E-state index in [0.717, 1.165) is 35.7 Å². The van der Waals surface area contributed by atoms with Gasteiger partial charge in [0.15, 0.2) is 0 Å². The van der Waals surface area contributed by atoms with Gasteiger partial charge in [0.25, 0.3) is 0 Å². The van der Waals surface area contributed by atoms with Crippen LogP contribution in [0.4, 0.5) is 0 Å². The fourth-order valence-electron chi connectivity index (χ4n) is 3.89. The molecule has 2 aliphatic rings. The van der Waals surface area contributed by atoms with Crippen molar-refractivity contribution in [3.05, 3.63) is 33.8 Å². The number of hydrogen-bond acceptors (Lipinski definition) is 2. The molecule has 1 unspecified atom stereocenters. The van der Waals surface area contributed by atoms with Crippen LogP contribution in [0.5, 0.6) is 0 Å². The van der Waals surface area contributed by atoms with Gasteiger partial charge >= 0.3 is 0 Å². The van der Waals surface area contributed by atoms with E-state index >= 15 is 0 Å². The third-order valence-corrected chi connectivity index (χ3v) is 5.52. The maximum Gasteiger partial charge on any atom is 0.242 e. The molecular formula is C17H23BrN2O. The fraction of sp³-hybridized carbons (Fsp3) is 0.588. The third kappa shape index (κ3) is 2.88.